The van der Waals surface area contributed by atoms with Crippen molar-refractivity contribution in [3.8, 4) is 0 Å². The number of rotatable bonds is 2. The molecule has 4 heteroatoms. The Hall–Kier alpha value is -1.32. The standard InChI is InChI=1S/C15H17ClN2O/c1-18-9-12(11-6-5-10(16)8-14(11)18)15(19)13-4-2-3-7-17-13/h5-6,8-9,13,17H,2-4,7H2,1H3. The number of piperidine rings is 1. The molecule has 100 valence electrons. The summed E-state index contributed by atoms with van der Waals surface area (Å²) in [7, 11) is 1.95. The van der Waals surface area contributed by atoms with E-state index in [0.717, 1.165) is 42.3 Å². The zero-order valence-electron chi connectivity index (χ0n) is 10.9. The second kappa shape index (κ2) is 4.99. The number of hydrogen-bond donors (Lipinski definition) is 1. The molecule has 0 aliphatic carbocycles. The smallest absolute Gasteiger partial charge is 0.181 e. The molecule has 0 radical (unpaired) electrons. The van der Waals surface area contributed by atoms with Crippen LogP contribution in [0.3, 0.4) is 0 Å². The van der Waals surface area contributed by atoms with Gasteiger partial charge in [-0.2, -0.15) is 0 Å². The number of fused-ring (bicyclic) bond motifs is 1. The van der Waals surface area contributed by atoms with Crippen LogP contribution in [0.1, 0.15) is 29.6 Å². The maximum atomic E-state index is 12.6. The predicted octanol–water partition coefficient (Wildman–Crippen LogP) is 3.16. The number of nitrogens with zero attached hydrogens (tertiary/aromatic N) is 1. The third-order valence-corrected chi connectivity index (χ3v) is 4.08. The molecule has 1 aliphatic rings. The average molecular weight is 277 g/mol. The number of hydrogen-bond acceptors (Lipinski definition) is 2. The summed E-state index contributed by atoms with van der Waals surface area (Å²) >= 11 is 6.02. The molecular formula is C15H17ClN2O. The first-order valence-electron chi connectivity index (χ1n) is 6.69. The first-order valence-corrected chi connectivity index (χ1v) is 7.07. The number of benzene rings is 1. The Labute approximate surface area is 117 Å². The fourth-order valence-electron chi connectivity index (χ4n) is 2.82. The second-order valence-electron chi connectivity index (χ2n) is 5.18. The Kier molecular flexibility index (Phi) is 3.33. The molecule has 0 amide bonds. The van der Waals surface area contributed by atoms with Gasteiger partial charge in [0, 0.05) is 34.7 Å². The van der Waals surface area contributed by atoms with Crippen molar-refractivity contribution in [1.29, 1.82) is 0 Å². The number of nitrogens with one attached hydrogen (secondary N) is 1. The molecule has 1 aromatic carbocycles. The molecule has 1 aliphatic heterocycles. The zero-order valence-corrected chi connectivity index (χ0v) is 11.7. The highest BCUT2D eigenvalue weighted by atomic mass is 35.5. The van der Waals surface area contributed by atoms with Gasteiger partial charge in [-0.25, -0.2) is 0 Å². The number of Topliss-reactive ketones (excluding diaryl/α,β-unsaturated/α-hetero) is 1. The topological polar surface area (TPSA) is 34.0 Å². The van der Waals surface area contributed by atoms with Gasteiger partial charge in [-0.3, -0.25) is 4.79 Å². The van der Waals surface area contributed by atoms with E-state index in [1.807, 2.05) is 36.0 Å². The van der Waals surface area contributed by atoms with E-state index in [1.165, 1.54) is 0 Å². The maximum absolute atomic E-state index is 12.6. The van der Waals surface area contributed by atoms with Crippen molar-refractivity contribution < 1.29 is 4.79 Å². The number of aryl methyl sites for hydroxylation is 1. The van der Waals surface area contributed by atoms with Crippen molar-refractivity contribution in [2.75, 3.05) is 6.54 Å². The van der Waals surface area contributed by atoms with Crippen molar-refractivity contribution in [3.05, 3.63) is 35.0 Å². The zero-order chi connectivity index (χ0) is 13.4. The third kappa shape index (κ3) is 2.28. The lowest BCUT2D eigenvalue weighted by atomic mass is 9.96. The highest BCUT2D eigenvalue weighted by molar-refractivity contribution is 6.31. The minimum atomic E-state index is -0.0324. The summed E-state index contributed by atoms with van der Waals surface area (Å²) in [6, 6.07) is 5.65. The minimum Gasteiger partial charge on any atom is -0.350 e. The van der Waals surface area contributed by atoms with Crippen molar-refractivity contribution in [1.82, 2.24) is 9.88 Å². The fraction of sp³-hybridized carbons (Fsp3) is 0.400. The van der Waals surface area contributed by atoms with Crippen LogP contribution in [0.2, 0.25) is 5.02 Å². The monoisotopic (exact) mass is 276 g/mol. The Morgan fingerprint density at radius 1 is 1.42 bits per heavy atom. The van der Waals surface area contributed by atoms with E-state index >= 15 is 0 Å². The Bertz CT molecular complexity index is 626. The van der Waals surface area contributed by atoms with Crippen LogP contribution in [0.5, 0.6) is 0 Å². The normalized spacial score (nSPS) is 19.8. The molecule has 1 atom stereocenters. The van der Waals surface area contributed by atoms with Gasteiger partial charge >= 0.3 is 0 Å². The van der Waals surface area contributed by atoms with E-state index < -0.39 is 0 Å². The molecule has 3 nitrogen and oxygen atoms in total. The van der Waals surface area contributed by atoms with Gasteiger partial charge in [0.05, 0.1) is 6.04 Å². The van der Waals surface area contributed by atoms with E-state index in [0.29, 0.717) is 5.02 Å². The van der Waals surface area contributed by atoms with E-state index in [4.69, 9.17) is 11.6 Å². The summed E-state index contributed by atoms with van der Waals surface area (Å²) in [5.74, 6) is 0.202. The quantitative estimate of drug-likeness (QED) is 0.855. The van der Waals surface area contributed by atoms with Gasteiger partial charge in [-0.05, 0) is 31.5 Å². The van der Waals surface area contributed by atoms with Crippen LogP contribution in [0, 0.1) is 0 Å². The molecule has 19 heavy (non-hydrogen) atoms. The first kappa shape index (κ1) is 12.7. The Balaban J connectivity index is 2.02. The molecule has 1 aromatic heterocycles. The van der Waals surface area contributed by atoms with Crippen LogP contribution in [0.15, 0.2) is 24.4 Å². The van der Waals surface area contributed by atoms with Crippen LogP contribution in [-0.4, -0.2) is 22.9 Å². The van der Waals surface area contributed by atoms with Crippen molar-refractivity contribution in [3.63, 3.8) is 0 Å². The average Bonchev–Trinajstić information content (AvgIpc) is 2.76. The van der Waals surface area contributed by atoms with Crippen LogP contribution in [0.25, 0.3) is 10.9 Å². The number of ketones is 1. The highest BCUT2D eigenvalue weighted by Gasteiger charge is 2.24. The van der Waals surface area contributed by atoms with Crippen LogP contribution in [-0.2, 0) is 7.05 Å². The Morgan fingerprint density at radius 2 is 2.26 bits per heavy atom. The van der Waals surface area contributed by atoms with Gasteiger partial charge < -0.3 is 9.88 Å². The van der Waals surface area contributed by atoms with E-state index in [-0.39, 0.29) is 11.8 Å². The van der Waals surface area contributed by atoms with Crippen LogP contribution >= 0.6 is 11.6 Å². The van der Waals surface area contributed by atoms with Gasteiger partial charge in [0.1, 0.15) is 0 Å². The second-order valence-corrected chi connectivity index (χ2v) is 5.62. The van der Waals surface area contributed by atoms with Gasteiger partial charge in [0.25, 0.3) is 0 Å². The van der Waals surface area contributed by atoms with E-state index in [9.17, 15) is 4.79 Å². The summed E-state index contributed by atoms with van der Waals surface area (Å²) in [4.78, 5) is 12.6. The minimum absolute atomic E-state index is 0.0324. The summed E-state index contributed by atoms with van der Waals surface area (Å²) < 4.78 is 1.97. The van der Waals surface area contributed by atoms with Gasteiger partial charge in [0.2, 0.25) is 0 Å². The lowest BCUT2D eigenvalue weighted by Gasteiger charge is -2.21. The predicted molar refractivity (Wildman–Crippen MR) is 77.9 cm³/mol. The maximum Gasteiger partial charge on any atom is 0.181 e. The fourth-order valence-corrected chi connectivity index (χ4v) is 2.98. The molecule has 2 heterocycles. The summed E-state index contributed by atoms with van der Waals surface area (Å²) in [6.07, 6.45) is 5.14. The third-order valence-electron chi connectivity index (χ3n) is 3.84. The van der Waals surface area contributed by atoms with E-state index in [2.05, 4.69) is 5.32 Å². The lowest BCUT2D eigenvalue weighted by Crippen LogP contribution is -2.40. The van der Waals surface area contributed by atoms with Crippen molar-refractivity contribution in [2.45, 2.75) is 25.3 Å². The molecular weight excluding hydrogens is 260 g/mol. The van der Waals surface area contributed by atoms with Gasteiger partial charge in [-0.1, -0.05) is 24.1 Å². The number of halogens is 1. The summed E-state index contributed by atoms with van der Waals surface area (Å²) in [5, 5.41) is 5.01. The molecule has 3 rings (SSSR count). The number of aromatic nitrogens is 1. The molecule has 1 saturated heterocycles. The van der Waals surface area contributed by atoms with Gasteiger partial charge in [0.15, 0.2) is 5.78 Å². The molecule has 1 fully saturated rings. The molecule has 2 aromatic rings. The van der Waals surface area contributed by atoms with Crippen molar-refractivity contribution >= 4 is 28.3 Å². The van der Waals surface area contributed by atoms with Crippen molar-refractivity contribution in [2.24, 2.45) is 7.05 Å². The van der Waals surface area contributed by atoms with E-state index in [1.54, 1.807) is 0 Å². The lowest BCUT2D eigenvalue weighted by molar-refractivity contribution is 0.0928. The molecule has 0 spiro atoms. The summed E-state index contributed by atoms with van der Waals surface area (Å²) in [6.45, 7) is 0.938. The largest absolute Gasteiger partial charge is 0.350 e. The summed E-state index contributed by atoms with van der Waals surface area (Å²) in [5.41, 5.74) is 1.81. The molecule has 0 bridgehead atoms. The SMILES string of the molecule is Cn1cc(C(=O)C2CCCCN2)c2ccc(Cl)cc21. The molecule has 0 saturated carbocycles. The molecule has 1 unspecified atom stereocenters. The molecule has 1 N–H and O–H groups in total. The van der Waals surface area contributed by atoms with Gasteiger partial charge in [-0.15, -0.1) is 0 Å². The highest BCUT2D eigenvalue weighted by Crippen LogP contribution is 2.26. The first-order chi connectivity index (χ1) is 9.16. The number of carbonyl (C=O) groups excluding carboxylic acids is 1. The van der Waals surface area contributed by atoms with Crippen LogP contribution < -0.4 is 5.32 Å². The Morgan fingerprint density at radius 3 is 3.00 bits per heavy atom. The number of carbonyl (C=O) groups is 1. The van der Waals surface area contributed by atoms with Crippen LogP contribution in [0.4, 0.5) is 0 Å².